The van der Waals surface area contributed by atoms with E-state index in [1.807, 2.05) is 11.8 Å². The first-order valence-corrected chi connectivity index (χ1v) is 13.6. The third-order valence-electron chi connectivity index (χ3n) is 8.04. The summed E-state index contributed by atoms with van der Waals surface area (Å²) in [5.41, 5.74) is 2.54. The van der Waals surface area contributed by atoms with Crippen molar-refractivity contribution < 1.29 is 28.2 Å². The van der Waals surface area contributed by atoms with Gasteiger partial charge in [0.25, 0.3) is 0 Å². The predicted molar refractivity (Wildman–Crippen MR) is 139 cm³/mol. The van der Waals surface area contributed by atoms with E-state index in [4.69, 9.17) is 25.8 Å². The third-order valence-corrected chi connectivity index (χ3v) is 8.21. The number of carbonyl (C=O) groups is 2. The standard InChI is InChI=1S/C27H29ClFN5O5/c1-4-19-21(37-14(2)35)22(38-15(3)36)25(39-19)34-13-30-20-23(31-26(28)32-24(20)34)33-12-27(9-5-6-10-27)17-11-16(29)7-8-18(17)33/h7-8,11,13,19,21-22,25H,4-6,9-10,12H2,1-3H3/t19-,21?,22+,25-/m1/s1. The molecule has 1 aliphatic carbocycles. The van der Waals surface area contributed by atoms with Gasteiger partial charge in [0.15, 0.2) is 35.4 Å². The average Bonchev–Trinajstić information content (AvgIpc) is 3.65. The molecule has 2 aliphatic heterocycles. The van der Waals surface area contributed by atoms with Crippen LogP contribution in [0.5, 0.6) is 0 Å². The van der Waals surface area contributed by atoms with E-state index in [0.29, 0.717) is 29.9 Å². The van der Waals surface area contributed by atoms with Crippen LogP contribution in [0.4, 0.5) is 15.9 Å². The smallest absolute Gasteiger partial charge is 0.303 e. The van der Waals surface area contributed by atoms with Crippen LogP contribution in [0.1, 0.15) is 64.7 Å². The number of aromatic nitrogens is 4. The van der Waals surface area contributed by atoms with Crippen LogP contribution in [0.15, 0.2) is 24.5 Å². The first kappa shape index (κ1) is 25.9. The van der Waals surface area contributed by atoms with Gasteiger partial charge in [-0.15, -0.1) is 0 Å². The van der Waals surface area contributed by atoms with Crippen LogP contribution in [0, 0.1) is 5.82 Å². The van der Waals surface area contributed by atoms with E-state index >= 15 is 0 Å². The summed E-state index contributed by atoms with van der Waals surface area (Å²) in [4.78, 5) is 39.6. The van der Waals surface area contributed by atoms with Crippen molar-refractivity contribution in [1.82, 2.24) is 19.5 Å². The molecule has 1 unspecified atom stereocenters. The van der Waals surface area contributed by atoms with Crippen LogP contribution in [-0.2, 0) is 29.2 Å². The predicted octanol–water partition coefficient (Wildman–Crippen LogP) is 4.75. The molecule has 0 radical (unpaired) electrons. The van der Waals surface area contributed by atoms with Crippen LogP contribution in [0.2, 0.25) is 5.28 Å². The normalized spacial score (nSPS) is 25.4. The Bertz CT molecular complexity index is 1460. The SMILES string of the molecule is CC[C@H]1O[C@@H](n2cnc3c(N4CC5(CCCC5)c5cc(F)ccc54)nc(Cl)nc32)[C@@H](OC(C)=O)C1OC(C)=O. The molecule has 3 aliphatic rings. The van der Waals surface area contributed by atoms with E-state index in [1.165, 1.54) is 26.2 Å². The van der Waals surface area contributed by atoms with Crippen LogP contribution in [0.25, 0.3) is 11.2 Å². The second-order valence-corrected chi connectivity index (χ2v) is 10.8. The van der Waals surface area contributed by atoms with Crippen molar-refractivity contribution in [2.75, 3.05) is 11.4 Å². The van der Waals surface area contributed by atoms with Crippen molar-refractivity contribution in [2.45, 2.75) is 82.8 Å². The maximum absolute atomic E-state index is 14.4. The minimum absolute atomic E-state index is 0.000828. The first-order valence-electron chi connectivity index (χ1n) is 13.2. The maximum atomic E-state index is 14.4. The molecule has 0 bridgehead atoms. The number of fused-ring (bicyclic) bond motifs is 3. The fourth-order valence-electron chi connectivity index (χ4n) is 6.47. The number of anilines is 2. The second kappa shape index (κ2) is 9.71. The van der Waals surface area contributed by atoms with Crippen LogP contribution in [-0.4, -0.2) is 56.3 Å². The Labute approximate surface area is 229 Å². The van der Waals surface area contributed by atoms with Crippen LogP contribution >= 0.6 is 11.6 Å². The largest absolute Gasteiger partial charge is 0.456 e. The number of halogens is 2. The lowest BCUT2D eigenvalue weighted by atomic mass is 9.81. The zero-order chi connectivity index (χ0) is 27.5. The highest BCUT2D eigenvalue weighted by Gasteiger charge is 2.50. The number of nitrogens with zero attached hydrogens (tertiary/aromatic N) is 5. The number of rotatable bonds is 5. The molecule has 0 amide bonds. The zero-order valence-electron chi connectivity index (χ0n) is 21.9. The van der Waals surface area contributed by atoms with Crippen molar-refractivity contribution in [3.05, 3.63) is 41.2 Å². The molecule has 6 rings (SSSR count). The molecule has 1 saturated heterocycles. The fourth-order valence-corrected chi connectivity index (χ4v) is 6.63. The molecule has 3 aromatic rings. The molecule has 206 valence electrons. The van der Waals surface area contributed by atoms with Gasteiger partial charge < -0.3 is 19.1 Å². The van der Waals surface area contributed by atoms with Gasteiger partial charge >= 0.3 is 11.9 Å². The molecule has 2 fully saturated rings. The number of ether oxygens (including phenoxy) is 3. The van der Waals surface area contributed by atoms with E-state index in [2.05, 4.69) is 15.0 Å². The van der Waals surface area contributed by atoms with E-state index in [-0.39, 0.29) is 16.5 Å². The topological polar surface area (TPSA) is 109 Å². The molecule has 4 heterocycles. The van der Waals surface area contributed by atoms with Gasteiger partial charge in [0.2, 0.25) is 5.28 Å². The molecule has 1 aromatic carbocycles. The Morgan fingerprint density at radius 2 is 1.87 bits per heavy atom. The molecular formula is C27H29ClFN5O5. The van der Waals surface area contributed by atoms with Gasteiger partial charge in [0.1, 0.15) is 11.9 Å². The maximum Gasteiger partial charge on any atom is 0.303 e. The number of imidazole rings is 1. The van der Waals surface area contributed by atoms with Gasteiger partial charge in [0.05, 0.1) is 6.33 Å². The highest BCUT2D eigenvalue weighted by molar-refractivity contribution is 6.28. The molecule has 1 saturated carbocycles. The lowest BCUT2D eigenvalue weighted by Gasteiger charge is -2.25. The molecular weight excluding hydrogens is 529 g/mol. The molecule has 12 heteroatoms. The van der Waals surface area contributed by atoms with Gasteiger partial charge in [0, 0.05) is 31.5 Å². The minimum atomic E-state index is -0.928. The summed E-state index contributed by atoms with van der Waals surface area (Å²) in [6, 6.07) is 4.87. The average molecular weight is 558 g/mol. The van der Waals surface area contributed by atoms with Gasteiger partial charge in [-0.25, -0.2) is 9.37 Å². The number of benzene rings is 1. The van der Waals surface area contributed by atoms with Crippen LogP contribution < -0.4 is 4.90 Å². The molecule has 2 aromatic heterocycles. The summed E-state index contributed by atoms with van der Waals surface area (Å²) in [6.07, 6.45) is 3.03. The highest BCUT2D eigenvalue weighted by atomic mass is 35.5. The quantitative estimate of drug-likeness (QED) is 0.324. The van der Waals surface area contributed by atoms with E-state index < -0.39 is 36.5 Å². The molecule has 4 atom stereocenters. The van der Waals surface area contributed by atoms with E-state index in [9.17, 15) is 14.0 Å². The van der Waals surface area contributed by atoms with Crippen molar-refractivity contribution in [1.29, 1.82) is 0 Å². The van der Waals surface area contributed by atoms with Crippen molar-refractivity contribution >= 4 is 46.2 Å². The Hall–Kier alpha value is -3.31. The van der Waals surface area contributed by atoms with Crippen molar-refractivity contribution in [3.63, 3.8) is 0 Å². The molecule has 39 heavy (non-hydrogen) atoms. The summed E-state index contributed by atoms with van der Waals surface area (Å²) in [5, 5.41) is 0.000828. The third kappa shape index (κ3) is 4.31. The van der Waals surface area contributed by atoms with Gasteiger partial charge in [-0.1, -0.05) is 19.8 Å². The summed E-state index contributed by atoms with van der Waals surface area (Å²) in [6.45, 7) is 5.11. The number of hydrogen-bond donors (Lipinski definition) is 0. The zero-order valence-corrected chi connectivity index (χ0v) is 22.7. The lowest BCUT2D eigenvalue weighted by Crippen LogP contribution is -2.38. The Morgan fingerprint density at radius 1 is 1.15 bits per heavy atom. The fraction of sp³-hybridized carbons (Fsp3) is 0.519. The summed E-state index contributed by atoms with van der Waals surface area (Å²) < 4.78 is 33.4. The number of carbonyl (C=O) groups excluding carboxylic acids is 2. The molecule has 10 nitrogen and oxygen atoms in total. The van der Waals surface area contributed by atoms with Gasteiger partial charge in [-0.05, 0) is 54.6 Å². The molecule has 1 spiro atoms. The van der Waals surface area contributed by atoms with Crippen molar-refractivity contribution in [3.8, 4) is 0 Å². The van der Waals surface area contributed by atoms with Gasteiger partial charge in [-0.3, -0.25) is 14.2 Å². The van der Waals surface area contributed by atoms with Crippen LogP contribution in [0.3, 0.4) is 0 Å². The van der Waals surface area contributed by atoms with Gasteiger partial charge in [-0.2, -0.15) is 9.97 Å². The Kier molecular flexibility index (Phi) is 6.46. The monoisotopic (exact) mass is 557 g/mol. The summed E-state index contributed by atoms with van der Waals surface area (Å²) in [5.74, 6) is -0.804. The molecule has 0 N–H and O–H groups in total. The van der Waals surface area contributed by atoms with E-state index in [1.54, 1.807) is 16.7 Å². The minimum Gasteiger partial charge on any atom is -0.456 e. The highest BCUT2D eigenvalue weighted by Crippen LogP contribution is 2.53. The Morgan fingerprint density at radius 3 is 2.56 bits per heavy atom. The first-order chi connectivity index (χ1) is 18.7. The van der Waals surface area contributed by atoms with E-state index in [0.717, 1.165) is 36.9 Å². The summed E-state index contributed by atoms with van der Waals surface area (Å²) >= 11 is 6.47. The summed E-state index contributed by atoms with van der Waals surface area (Å²) in [7, 11) is 0. The second-order valence-electron chi connectivity index (χ2n) is 10.5. The van der Waals surface area contributed by atoms with Crippen molar-refractivity contribution in [2.24, 2.45) is 0 Å². The Balaban J connectivity index is 1.45. The number of hydrogen-bond acceptors (Lipinski definition) is 9. The number of esters is 2. The lowest BCUT2D eigenvalue weighted by molar-refractivity contribution is -0.165.